The number of hydrogen-bond donors (Lipinski definition) is 1. The summed E-state index contributed by atoms with van der Waals surface area (Å²) >= 11 is 0. The standard InChI is InChI=1S/C13H14N2/c1-9-5-4-7-11-10-6-2-3-8-12(10)15(14)13(9)11/h2-9,13H,14H2,1H3. The number of allylic oxidation sites excluding steroid dienone is 2. The fourth-order valence-corrected chi connectivity index (χ4v) is 2.57. The van der Waals surface area contributed by atoms with Crippen LogP contribution in [0.4, 0.5) is 5.69 Å². The lowest BCUT2D eigenvalue weighted by molar-refractivity contribution is 0.600. The zero-order valence-electron chi connectivity index (χ0n) is 8.72. The van der Waals surface area contributed by atoms with E-state index in [-0.39, 0.29) is 0 Å². The van der Waals surface area contributed by atoms with E-state index in [0.717, 1.165) is 5.69 Å². The van der Waals surface area contributed by atoms with Crippen LogP contribution >= 0.6 is 0 Å². The van der Waals surface area contributed by atoms with Gasteiger partial charge in [-0.15, -0.1) is 0 Å². The van der Waals surface area contributed by atoms with Gasteiger partial charge in [0.1, 0.15) is 0 Å². The molecule has 1 aromatic rings. The molecule has 2 heteroatoms. The SMILES string of the molecule is CC1C=CC=C2c3ccccc3N(N)C21. The molecule has 0 saturated heterocycles. The number of benzene rings is 1. The predicted octanol–water partition coefficient (Wildman–Crippen LogP) is 2.34. The lowest BCUT2D eigenvalue weighted by Gasteiger charge is -2.28. The van der Waals surface area contributed by atoms with E-state index in [1.54, 1.807) is 0 Å². The van der Waals surface area contributed by atoms with Crippen molar-refractivity contribution in [1.82, 2.24) is 0 Å². The van der Waals surface area contributed by atoms with E-state index >= 15 is 0 Å². The molecule has 0 radical (unpaired) electrons. The van der Waals surface area contributed by atoms with Gasteiger partial charge < -0.3 is 5.01 Å². The second kappa shape index (κ2) is 2.97. The van der Waals surface area contributed by atoms with Crippen LogP contribution in [0.1, 0.15) is 12.5 Å². The first kappa shape index (κ1) is 8.74. The molecule has 2 nitrogen and oxygen atoms in total. The van der Waals surface area contributed by atoms with E-state index < -0.39 is 0 Å². The molecular formula is C13H14N2. The van der Waals surface area contributed by atoms with Gasteiger partial charge in [0.15, 0.2) is 0 Å². The average molecular weight is 198 g/mol. The van der Waals surface area contributed by atoms with Gasteiger partial charge in [0.2, 0.25) is 0 Å². The molecule has 3 rings (SSSR count). The van der Waals surface area contributed by atoms with E-state index in [4.69, 9.17) is 5.84 Å². The third kappa shape index (κ3) is 1.08. The highest BCUT2D eigenvalue weighted by Crippen LogP contribution is 2.42. The number of rotatable bonds is 0. The summed E-state index contributed by atoms with van der Waals surface area (Å²) in [5.41, 5.74) is 3.77. The Balaban J connectivity index is 2.20. The molecule has 0 bridgehead atoms. The smallest absolute Gasteiger partial charge is 0.0768 e. The molecule has 1 heterocycles. The van der Waals surface area contributed by atoms with Crippen LogP contribution in [0.2, 0.25) is 0 Å². The first-order valence-electron chi connectivity index (χ1n) is 5.31. The van der Waals surface area contributed by atoms with Crippen LogP contribution in [-0.4, -0.2) is 6.04 Å². The van der Waals surface area contributed by atoms with Gasteiger partial charge in [0.05, 0.1) is 11.7 Å². The Kier molecular flexibility index (Phi) is 1.73. The summed E-state index contributed by atoms with van der Waals surface area (Å²) in [5.74, 6) is 6.62. The summed E-state index contributed by atoms with van der Waals surface area (Å²) in [5, 5.41) is 1.90. The predicted molar refractivity (Wildman–Crippen MR) is 63.2 cm³/mol. The summed E-state index contributed by atoms with van der Waals surface area (Å²) in [7, 11) is 0. The van der Waals surface area contributed by atoms with Crippen molar-refractivity contribution in [3.8, 4) is 0 Å². The van der Waals surface area contributed by atoms with Crippen molar-refractivity contribution in [2.45, 2.75) is 13.0 Å². The van der Waals surface area contributed by atoms with Crippen LogP contribution in [0.15, 0.2) is 42.5 Å². The summed E-state index contributed by atoms with van der Waals surface area (Å²) < 4.78 is 0. The van der Waals surface area contributed by atoms with Gasteiger partial charge in [-0.25, -0.2) is 5.84 Å². The Morgan fingerprint density at radius 2 is 2.07 bits per heavy atom. The topological polar surface area (TPSA) is 29.3 Å². The molecule has 0 spiro atoms. The van der Waals surface area contributed by atoms with E-state index in [2.05, 4.69) is 43.4 Å². The molecule has 76 valence electrons. The summed E-state index contributed by atoms with van der Waals surface area (Å²) in [4.78, 5) is 0. The van der Waals surface area contributed by atoms with Crippen molar-refractivity contribution in [2.75, 3.05) is 5.01 Å². The Hall–Kier alpha value is -1.54. The van der Waals surface area contributed by atoms with Crippen molar-refractivity contribution in [1.29, 1.82) is 0 Å². The number of hydrogen-bond acceptors (Lipinski definition) is 2. The molecular weight excluding hydrogens is 184 g/mol. The highest BCUT2D eigenvalue weighted by atomic mass is 15.4. The summed E-state index contributed by atoms with van der Waals surface area (Å²) in [6.45, 7) is 2.21. The minimum absolute atomic E-state index is 0.312. The first-order chi connectivity index (χ1) is 7.29. The molecule has 1 aliphatic carbocycles. The zero-order chi connectivity index (χ0) is 10.4. The highest BCUT2D eigenvalue weighted by Gasteiger charge is 2.35. The van der Waals surface area contributed by atoms with E-state index in [1.807, 2.05) is 11.1 Å². The number of hydrazine groups is 1. The molecule has 1 aromatic carbocycles. The molecule has 2 aliphatic rings. The third-order valence-electron chi connectivity index (χ3n) is 3.30. The maximum absolute atomic E-state index is 6.15. The second-order valence-electron chi connectivity index (χ2n) is 4.24. The molecule has 15 heavy (non-hydrogen) atoms. The maximum atomic E-state index is 6.15. The summed E-state index contributed by atoms with van der Waals surface area (Å²) in [6.07, 6.45) is 6.52. The Labute approximate surface area is 89.7 Å². The normalized spacial score (nSPS) is 27.3. The maximum Gasteiger partial charge on any atom is 0.0768 e. The average Bonchev–Trinajstić information content (AvgIpc) is 2.55. The quantitative estimate of drug-likeness (QED) is 0.648. The van der Waals surface area contributed by atoms with Gasteiger partial charge in [-0.05, 0) is 11.6 Å². The monoisotopic (exact) mass is 198 g/mol. The second-order valence-corrected chi connectivity index (χ2v) is 4.24. The van der Waals surface area contributed by atoms with Gasteiger partial charge in [-0.2, -0.15) is 0 Å². The van der Waals surface area contributed by atoms with Gasteiger partial charge in [0, 0.05) is 11.5 Å². The van der Waals surface area contributed by atoms with Crippen LogP contribution in [-0.2, 0) is 0 Å². The van der Waals surface area contributed by atoms with E-state index in [0.29, 0.717) is 12.0 Å². The van der Waals surface area contributed by atoms with E-state index in [1.165, 1.54) is 11.1 Å². The van der Waals surface area contributed by atoms with E-state index in [9.17, 15) is 0 Å². The summed E-state index contributed by atoms with van der Waals surface area (Å²) in [6, 6.07) is 8.65. The number of fused-ring (bicyclic) bond motifs is 3. The van der Waals surface area contributed by atoms with Crippen molar-refractivity contribution < 1.29 is 0 Å². The van der Waals surface area contributed by atoms with Gasteiger partial charge in [0.25, 0.3) is 0 Å². The largest absolute Gasteiger partial charge is 0.302 e. The van der Waals surface area contributed by atoms with Crippen LogP contribution in [0, 0.1) is 5.92 Å². The van der Waals surface area contributed by atoms with Crippen molar-refractivity contribution in [2.24, 2.45) is 11.8 Å². The number of nitrogens with zero attached hydrogens (tertiary/aromatic N) is 1. The molecule has 0 amide bonds. The molecule has 0 aromatic heterocycles. The highest BCUT2D eigenvalue weighted by molar-refractivity contribution is 5.89. The fraction of sp³-hybridized carbons (Fsp3) is 0.231. The number of nitrogens with two attached hydrogens (primary N) is 1. The number of para-hydroxylation sites is 1. The zero-order valence-corrected chi connectivity index (χ0v) is 8.72. The van der Waals surface area contributed by atoms with Crippen molar-refractivity contribution in [3.63, 3.8) is 0 Å². The molecule has 2 atom stereocenters. The Morgan fingerprint density at radius 1 is 1.27 bits per heavy atom. The molecule has 1 aliphatic heterocycles. The van der Waals surface area contributed by atoms with Crippen LogP contribution in [0.25, 0.3) is 5.57 Å². The molecule has 0 saturated carbocycles. The van der Waals surface area contributed by atoms with Crippen molar-refractivity contribution in [3.05, 3.63) is 48.1 Å². The van der Waals surface area contributed by atoms with Gasteiger partial charge in [-0.3, -0.25) is 0 Å². The van der Waals surface area contributed by atoms with Crippen LogP contribution < -0.4 is 10.9 Å². The molecule has 2 N–H and O–H groups in total. The van der Waals surface area contributed by atoms with Crippen molar-refractivity contribution >= 4 is 11.3 Å². The first-order valence-corrected chi connectivity index (χ1v) is 5.31. The lowest BCUT2D eigenvalue weighted by Crippen LogP contribution is -2.41. The van der Waals surface area contributed by atoms with Gasteiger partial charge in [-0.1, -0.05) is 43.4 Å². The minimum Gasteiger partial charge on any atom is -0.302 e. The number of anilines is 1. The lowest BCUT2D eigenvalue weighted by atomic mass is 9.89. The fourth-order valence-electron chi connectivity index (χ4n) is 2.57. The molecule has 0 fully saturated rings. The Morgan fingerprint density at radius 3 is 2.93 bits per heavy atom. The minimum atomic E-state index is 0.312. The Bertz CT molecular complexity index is 459. The van der Waals surface area contributed by atoms with Crippen LogP contribution in [0.5, 0.6) is 0 Å². The van der Waals surface area contributed by atoms with Crippen LogP contribution in [0.3, 0.4) is 0 Å². The van der Waals surface area contributed by atoms with Gasteiger partial charge >= 0.3 is 0 Å². The third-order valence-corrected chi connectivity index (χ3v) is 3.30. The molecule has 2 unspecified atom stereocenters.